The maximum Gasteiger partial charge on any atom is 0.418 e. The van der Waals surface area contributed by atoms with Crippen LogP contribution in [0.15, 0.2) is 60.7 Å². The Kier molecular flexibility index (Phi) is 8.88. The first-order valence-electron chi connectivity index (χ1n) is 12.3. The molecule has 4 amide bonds. The Hall–Kier alpha value is -4.19. The highest BCUT2D eigenvalue weighted by Crippen LogP contribution is 2.36. The molecule has 3 aromatic rings. The average Bonchev–Trinajstić information content (AvgIpc) is 2.91. The van der Waals surface area contributed by atoms with Crippen molar-refractivity contribution >= 4 is 46.4 Å². The van der Waals surface area contributed by atoms with Gasteiger partial charge in [0.05, 0.1) is 23.5 Å². The predicted molar refractivity (Wildman–Crippen MR) is 146 cm³/mol. The third-order valence-corrected chi connectivity index (χ3v) is 6.33. The Morgan fingerprint density at radius 3 is 2.30 bits per heavy atom. The first kappa shape index (κ1) is 28.8. The number of ether oxygens (including phenoxy) is 1. The summed E-state index contributed by atoms with van der Waals surface area (Å²) in [6, 6.07) is 13.2. The number of hydrogen-bond acceptors (Lipinski definition) is 4. The highest BCUT2D eigenvalue weighted by Gasteiger charge is 2.36. The molecule has 0 saturated carbocycles. The normalized spacial score (nSPS) is 13.6. The fourth-order valence-electron chi connectivity index (χ4n) is 4.16. The number of alkyl halides is 3. The van der Waals surface area contributed by atoms with Gasteiger partial charge >= 0.3 is 18.2 Å². The summed E-state index contributed by atoms with van der Waals surface area (Å²) in [5.41, 5.74) is -0.351. The van der Waals surface area contributed by atoms with E-state index in [9.17, 15) is 27.2 Å². The van der Waals surface area contributed by atoms with Gasteiger partial charge in [0.1, 0.15) is 11.6 Å². The summed E-state index contributed by atoms with van der Waals surface area (Å²) in [5, 5.41) is 7.97. The van der Waals surface area contributed by atoms with E-state index >= 15 is 0 Å². The van der Waals surface area contributed by atoms with Gasteiger partial charge < -0.3 is 30.5 Å². The number of nitrogens with one attached hydrogen (secondary N) is 3. The summed E-state index contributed by atoms with van der Waals surface area (Å²) in [4.78, 5) is 28.4. The van der Waals surface area contributed by atoms with Crippen LogP contribution in [0.5, 0.6) is 5.75 Å². The second-order valence-electron chi connectivity index (χ2n) is 8.76. The lowest BCUT2D eigenvalue weighted by Gasteiger charge is -2.36. The van der Waals surface area contributed by atoms with Crippen LogP contribution in [-0.2, 0) is 6.18 Å². The third kappa shape index (κ3) is 7.06. The van der Waals surface area contributed by atoms with Crippen LogP contribution in [0.25, 0.3) is 0 Å². The highest BCUT2D eigenvalue weighted by atomic mass is 35.5. The van der Waals surface area contributed by atoms with Crippen molar-refractivity contribution in [3.05, 3.63) is 77.1 Å². The number of para-hydroxylation sites is 1. The van der Waals surface area contributed by atoms with Crippen LogP contribution < -0.4 is 25.6 Å². The molecule has 212 valence electrons. The first-order chi connectivity index (χ1) is 19.0. The zero-order chi connectivity index (χ0) is 28.9. The number of hydrogen-bond donors (Lipinski definition) is 3. The summed E-state index contributed by atoms with van der Waals surface area (Å²) < 4.78 is 59.3. The maximum atomic E-state index is 14.1. The molecule has 1 heterocycles. The molecule has 1 saturated heterocycles. The van der Waals surface area contributed by atoms with E-state index in [4.69, 9.17) is 16.3 Å². The summed E-state index contributed by atoms with van der Waals surface area (Å²) in [6.45, 7) is 3.48. The van der Waals surface area contributed by atoms with Crippen molar-refractivity contribution in [2.24, 2.45) is 0 Å². The Morgan fingerprint density at radius 2 is 1.65 bits per heavy atom. The Bertz CT molecular complexity index is 1360. The number of carbonyl (C=O) groups is 2. The van der Waals surface area contributed by atoms with E-state index in [0.29, 0.717) is 47.9 Å². The van der Waals surface area contributed by atoms with E-state index in [1.807, 2.05) is 11.8 Å². The van der Waals surface area contributed by atoms with Crippen LogP contribution in [0.4, 0.5) is 49.9 Å². The zero-order valence-corrected chi connectivity index (χ0v) is 22.1. The minimum atomic E-state index is -4.81. The highest BCUT2D eigenvalue weighted by molar-refractivity contribution is 6.31. The number of piperazine rings is 1. The van der Waals surface area contributed by atoms with Gasteiger partial charge in [0.2, 0.25) is 0 Å². The summed E-state index contributed by atoms with van der Waals surface area (Å²) in [5.74, 6) is -0.675. The van der Waals surface area contributed by atoms with E-state index in [0.717, 1.165) is 17.8 Å². The lowest BCUT2D eigenvalue weighted by molar-refractivity contribution is -0.137. The number of benzene rings is 3. The molecule has 3 aromatic carbocycles. The lowest BCUT2D eigenvalue weighted by atomic mass is 10.1. The van der Waals surface area contributed by atoms with Crippen LogP contribution in [0.1, 0.15) is 12.5 Å². The standard InChI is InChI=1S/C27H26ClF4N5O3/c1-2-40-23-11-6-17(28)16-22(23)34-25(38)33-18-7-9-19(10-8-18)36-12-14-37(15-13-36)26(39)35-24-20(27(30,31)32)4-3-5-21(24)29/h3-11,16H,2,12-15H2,1H3,(H,35,39)(H2,33,34,38). The number of anilines is 4. The van der Waals surface area contributed by atoms with Crippen molar-refractivity contribution in [3.8, 4) is 5.75 Å². The Balaban J connectivity index is 1.31. The van der Waals surface area contributed by atoms with Crippen molar-refractivity contribution in [1.82, 2.24) is 4.90 Å². The van der Waals surface area contributed by atoms with E-state index in [1.165, 1.54) is 4.90 Å². The molecule has 0 aliphatic carbocycles. The molecule has 3 N–H and O–H groups in total. The summed E-state index contributed by atoms with van der Waals surface area (Å²) in [7, 11) is 0. The number of carbonyl (C=O) groups excluding carboxylic acids is 2. The monoisotopic (exact) mass is 579 g/mol. The Morgan fingerprint density at radius 1 is 0.950 bits per heavy atom. The van der Waals surface area contributed by atoms with Crippen LogP contribution in [-0.4, -0.2) is 49.7 Å². The molecular formula is C27H26ClF4N5O3. The van der Waals surface area contributed by atoms with Crippen molar-refractivity contribution < 1.29 is 31.9 Å². The van der Waals surface area contributed by atoms with Gasteiger partial charge in [-0.1, -0.05) is 17.7 Å². The summed E-state index contributed by atoms with van der Waals surface area (Å²) >= 11 is 6.03. The topological polar surface area (TPSA) is 85.9 Å². The van der Waals surface area contributed by atoms with Gasteiger partial charge in [0.15, 0.2) is 0 Å². The molecule has 0 radical (unpaired) electrons. The molecule has 1 aliphatic heterocycles. The lowest BCUT2D eigenvalue weighted by Crippen LogP contribution is -2.50. The van der Waals surface area contributed by atoms with Gasteiger partial charge in [0, 0.05) is 42.6 Å². The van der Waals surface area contributed by atoms with E-state index in [2.05, 4.69) is 16.0 Å². The van der Waals surface area contributed by atoms with Gasteiger partial charge in [-0.05, 0) is 61.5 Å². The minimum absolute atomic E-state index is 0.214. The Labute approximate surface area is 232 Å². The molecule has 0 spiro atoms. The molecule has 0 unspecified atom stereocenters. The molecule has 0 atom stereocenters. The van der Waals surface area contributed by atoms with Crippen LogP contribution in [0, 0.1) is 5.82 Å². The van der Waals surface area contributed by atoms with Gasteiger partial charge in [-0.25, -0.2) is 14.0 Å². The number of amides is 4. The number of rotatable bonds is 6. The minimum Gasteiger partial charge on any atom is -0.492 e. The molecule has 4 rings (SSSR count). The molecule has 0 bridgehead atoms. The van der Waals surface area contributed by atoms with E-state index < -0.39 is 35.3 Å². The molecule has 1 aliphatic rings. The van der Waals surface area contributed by atoms with Crippen molar-refractivity contribution in [3.63, 3.8) is 0 Å². The van der Waals surface area contributed by atoms with Gasteiger partial charge in [0.25, 0.3) is 0 Å². The van der Waals surface area contributed by atoms with E-state index in [1.54, 1.807) is 42.5 Å². The third-order valence-electron chi connectivity index (χ3n) is 6.10. The summed E-state index contributed by atoms with van der Waals surface area (Å²) in [6.07, 6.45) is -4.81. The number of urea groups is 2. The van der Waals surface area contributed by atoms with E-state index in [-0.39, 0.29) is 13.1 Å². The van der Waals surface area contributed by atoms with Crippen molar-refractivity contribution in [2.45, 2.75) is 13.1 Å². The van der Waals surface area contributed by atoms with Gasteiger partial charge in [-0.15, -0.1) is 0 Å². The fraction of sp³-hybridized carbons (Fsp3) is 0.259. The van der Waals surface area contributed by atoms with Crippen molar-refractivity contribution in [1.29, 1.82) is 0 Å². The quantitative estimate of drug-likeness (QED) is 0.278. The largest absolute Gasteiger partial charge is 0.492 e. The van der Waals surface area contributed by atoms with Crippen LogP contribution >= 0.6 is 11.6 Å². The van der Waals surface area contributed by atoms with Gasteiger partial charge in [-0.3, -0.25) is 0 Å². The molecule has 40 heavy (non-hydrogen) atoms. The van der Waals surface area contributed by atoms with Gasteiger partial charge in [-0.2, -0.15) is 13.2 Å². The number of halogens is 5. The maximum absolute atomic E-state index is 14.1. The molecule has 13 heteroatoms. The fourth-order valence-corrected chi connectivity index (χ4v) is 4.33. The van der Waals surface area contributed by atoms with Crippen LogP contribution in [0.2, 0.25) is 5.02 Å². The second kappa shape index (κ2) is 12.3. The molecule has 1 fully saturated rings. The average molecular weight is 580 g/mol. The molecule has 0 aromatic heterocycles. The SMILES string of the molecule is CCOc1ccc(Cl)cc1NC(=O)Nc1ccc(N2CCN(C(=O)Nc3c(F)cccc3C(F)(F)F)CC2)cc1. The predicted octanol–water partition coefficient (Wildman–Crippen LogP) is 6.89. The number of nitrogens with zero attached hydrogens (tertiary/aromatic N) is 2. The zero-order valence-electron chi connectivity index (χ0n) is 21.3. The second-order valence-corrected chi connectivity index (χ2v) is 9.20. The molecular weight excluding hydrogens is 554 g/mol. The van der Waals surface area contributed by atoms with Crippen LogP contribution in [0.3, 0.4) is 0 Å². The smallest absolute Gasteiger partial charge is 0.418 e. The molecule has 8 nitrogen and oxygen atoms in total. The van der Waals surface area contributed by atoms with Crippen molar-refractivity contribution in [2.75, 3.05) is 53.6 Å². The first-order valence-corrected chi connectivity index (χ1v) is 12.7.